The van der Waals surface area contributed by atoms with Gasteiger partial charge < -0.3 is 0 Å². The minimum absolute atomic E-state index is 1.10. The summed E-state index contributed by atoms with van der Waals surface area (Å²) in [7, 11) is 0. The third-order valence-corrected chi connectivity index (χ3v) is 9.17. The maximum atomic E-state index is 4.67. The third-order valence-electron chi connectivity index (χ3n) is 3.15. The van der Waals surface area contributed by atoms with E-state index in [0.717, 1.165) is 4.90 Å². The van der Waals surface area contributed by atoms with Crippen molar-refractivity contribution in [3.63, 3.8) is 0 Å². The van der Waals surface area contributed by atoms with E-state index < -0.39 is 14.7 Å². The van der Waals surface area contributed by atoms with Crippen LogP contribution in [0.2, 0.25) is 0 Å². The second-order valence-corrected chi connectivity index (χ2v) is 9.56. The zero-order chi connectivity index (χ0) is 13.8. The van der Waals surface area contributed by atoms with Crippen molar-refractivity contribution >= 4 is 40.3 Å². The molecule has 0 amide bonds. The minimum atomic E-state index is -1.51. The summed E-state index contributed by atoms with van der Waals surface area (Å²) < 4.78 is 4.26. The van der Waals surface area contributed by atoms with E-state index in [1.165, 1.54) is 13.1 Å². The molecule has 0 aliphatic carbocycles. The molecule has 20 heavy (non-hydrogen) atoms. The standard InChI is InChI=1S/C18H15AsS/c20-18-14-8-7-13-17(18)19(15-9-3-1-4-10-15)16-11-5-2-6-12-16/h1-14,20H. The first-order chi connectivity index (χ1) is 9.86. The van der Waals surface area contributed by atoms with Crippen molar-refractivity contribution in [2.75, 3.05) is 0 Å². The molecule has 0 heterocycles. The van der Waals surface area contributed by atoms with E-state index in [1.54, 1.807) is 0 Å². The van der Waals surface area contributed by atoms with Crippen molar-refractivity contribution < 1.29 is 0 Å². The van der Waals surface area contributed by atoms with Crippen LogP contribution < -0.4 is 13.1 Å². The SMILES string of the molecule is Sc1ccccc1[As](c1ccccc1)c1ccccc1. The molecule has 0 aliphatic heterocycles. The van der Waals surface area contributed by atoms with Gasteiger partial charge in [0.15, 0.2) is 0 Å². The van der Waals surface area contributed by atoms with Crippen LogP contribution in [-0.4, -0.2) is 14.7 Å². The Hall–Kier alpha value is -1.43. The van der Waals surface area contributed by atoms with Crippen molar-refractivity contribution in [3.05, 3.63) is 84.9 Å². The van der Waals surface area contributed by atoms with Crippen LogP contribution >= 0.6 is 12.6 Å². The zero-order valence-corrected chi connectivity index (χ0v) is 13.7. The van der Waals surface area contributed by atoms with Crippen LogP contribution in [0.1, 0.15) is 0 Å². The Labute approximate surface area is 130 Å². The quantitative estimate of drug-likeness (QED) is 0.551. The van der Waals surface area contributed by atoms with Crippen LogP contribution in [0.25, 0.3) is 0 Å². The Kier molecular flexibility index (Phi) is 4.30. The Morgan fingerprint density at radius 1 is 0.550 bits per heavy atom. The predicted octanol–water partition coefficient (Wildman–Crippen LogP) is 2.49. The fraction of sp³-hybridized carbons (Fsp3) is 0. The second-order valence-electron chi connectivity index (χ2n) is 4.50. The number of hydrogen-bond donors (Lipinski definition) is 1. The van der Waals surface area contributed by atoms with Gasteiger partial charge in [-0.1, -0.05) is 0 Å². The van der Waals surface area contributed by atoms with E-state index >= 15 is 0 Å². The molecule has 0 radical (unpaired) electrons. The Bertz CT molecular complexity index is 641. The molecule has 0 aromatic heterocycles. The predicted molar refractivity (Wildman–Crippen MR) is 91.2 cm³/mol. The number of thiol groups is 1. The molecule has 0 fully saturated rings. The second kappa shape index (κ2) is 6.35. The fourth-order valence-electron chi connectivity index (χ4n) is 2.23. The molecule has 3 aromatic rings. The molecule has 98 valence electrons. The maximum absolute atomic E-state index is 4.67. The van der Waals surface area contributed by atoms with Gasteiger partial charge in [-0.2, -0.15) is 0 Å². The van der Waals surface area contributed by atoms with Crippen LogP contribution in [-0.2, 0) is 0 Å². The van der Waals surface area contributed by atoms with Gasteiger partial charge in [-0.15, -0.1) is 0 Å². The van der Waals surface area contributed by atoms with E-state index in [0.29, 0.717) is 0 Å². The molecule has 0 N–H and O–H groups in total. The van der Waals surface area contributed by atoms with Gasteiger partial charge in [0.1, 0.15) is 0 Å². The summed E-state index contributed by atoms with van der Waals surface area (Å²) in [5.41, 5.74) is 0. The molecule has 0 saturated heterocycles. The number of benzene rings is 3. The van der Waals surface area contributed by atoms with Crippen molar-refractivity contribution in [1.82, 2.24) is 0 Å². The van der Waals surface area contributed by atoms with Gasteiger partial charge in [-0.3, -0.25) is 0 Å². The van der Waals surface area contributed by atoms with Crippen molar-refractivity contribution in [2.45, 2.75) is 4.90 Å². The first-order valence-electron chi connectivity index (χ1n) is 6.54. The van der Waals surface area contributed by atoms with E-state index in [9.17, 15) is 0 Å². The van der Waals surface area contributed by atoms with Gasteiger partial charge >= 0.3 is 130 Å². The van der Waals surface area contributed by atoms with Gasteiger partial charge in [0, 0.05) is 0 Å². The molecule has 0 nitrogen and oxygen atoms in total. The van der Waals surface area contributed by atoms with Gasteiger partial charge in [0.2, 0.25) is 0 Å². The van der Waals surface area contributed by atoms with Crippen LogP contribution in [0, 0.1) is 0 Å². The Morgan fingerprint density at radius 2 is 1.00 bits per heavy atom. The number of rotatable bonds is 3. The summed E-state index contributed by atoms with van der Waals surface area (Å²) >= 11 is 3.17. The van der Waals surface area contributed by atoms with Gasteiger partial charge in [0.25, 0.3) is 0 Å². The summed E-state index contributed by atoms with van der Waals surface area (Å²) in [6.07, 6.45) is 0. The van der Waals surface area contributed by atoms with Crippen LogP contribution in [0.5, 0.6) is 0 Å². The summed E-state index contributed by atoms with van der Waals surface area (Å²) in [6.45, 7) is 0. The summed E-state index contributed by atoms with van der Waals surface area (Å²) in [5.74, 6) is 0. The number of hydrogen-bond acceptors (Lipinski definition) is 1. The van der Waals surface area contributed by atoms with E-state index in [-0.39, 0.29) is 0 Å². The van der Waals surface area contributed by atoms with Gasteiger partial charge in [-0.05, 0) is 0 Å². The van der Waals surface area contributed by atoms with Crippen molar-refractivity contribution in [2.24, 2.45) is 0 Å². The Balaban J connectivity index is 2.17. The molecule has 0 atom stereocenters. The molecular formula is C18H15AsS. The third kappa shape index (κ3) is 2.85. The van der Waals surface area contributed by atoms with E-state index in [4.69, 9.17) is 0 Å². The topological polar surface area (TPSA) is 0 Å². The molecular weight excluding hydrogens is 323 g/mol. The molecule has 0 saturated carbocycles. The molecule has 0 bridgehead atoms. The molecule has 0 unspecified atom stereocenters. The van der Waals surface area contributed by atoms with Crippen LogP contribution in [0.4, 0.5) is 0 Å². The van der Waals surface area contributed by atoms with Gasteiger partial charge in [-0.25, -0.2) is 0 Å². The average molecular weight is 338 g/mol. The summed E-state index contributed by atoms with van der Waals surface area (Å²) in [6, 6.07) is 30.1. The molecule has 3 rings (SSSR count). The summed E-state index contributed by atoms with van der Waals surface area (Å²) in [4.78, 5) is 1.10. The van der Waals surface area contributed by atoms with Gasteiger partial charge in [0.05, 0.1) is 0 Å². The summed E-state index contributed by atoms with van der Waals surface area (Å²) in [5, 5.41) is 0. The van der Waals surface area contributed by atoms with Crippen molar-refractivity contribution in [3.8, 4) is 0 Å². The normalized spacial score (nSPS) is 10.7. The van der Waals surface area contributed by atoms with Crippen molar-refractivity contribution in [1.29, 1.82) is 0 Å². The molecule has 3 aromatic carbocycles. The zero-order valence-electron chi connectivity index (χ0n) is 11.0. The Morgan fingerprint density at radius 3 is 1.50 bits per heavy atom. The molecule has 2 heteroatoms. The van der Waals surface area contributed by atoms with E-state index in [1.807, 2.05) is 0 Å². The molecule has 0 aliphatic rings. The fourth-order valence-corrected chi connectivity index (χ4v) is 7.81. The monoisotopic (exact) mass is 338 g/mol. The molecule has 0 spiro atoms. The van der Waals surface area contributed by atoms with Crippen LogP contribution in [0.3, 0.4) is 0 Å². The van der Waals surface area contributed by atoms with Crippen LogP contribution in [0.15, 0.2) is 89.8 Å². The first-order valence-corrected chi connectivity index (χ1v) is 9.81. The first kappa shape index (κ1) is 13.5. The average Bonchev–Trinajstić information content (AvgIpc) is 2.52. The van der Waals surface area contributed by atoms with E-state index in [2.05, 4.69) is 97.6 Å².